The fourth-order valence-corrected chi connectivity index (χ4v) is 1.97. The molecular weight excluding hydrogens is 241 g/mol. The van der Waals surface area contributed by atoms with Gasteiger partial charge in [-0.05, 0) is 30.1 Å². The molecule has 0 aliphatic heterocycles. The second-order valence-corrected chi connectivity index (χ2v) is 4.79. The van der Waals surface area contributed by atoms with Gasteiger partial charge in [-0.3, -0.25) is 0 Å². The Morgan fingerprint density at radius 3 is 2.72 bits per heavy atom. The van der Waals surface area contributed by atoms with E-state index in [1.807, 2.05) is 0 Å². The first-order valence-corrected chi connectivity index (χ1v) is 5.91. The van der Waals surface area contributed by atoms with E-state index in [0.717, 1.165) is 18.1 Å². The molecule has 0 radical (unpaired) electrons. The standard InChI is InChI=1S/C14H15F3O/c1-8-4-9(8)5-11(18)6-10-7-14(17)13(16)3-2-12(10)15/h3,6,9,14,18H,1-2,4-5,7H2/b11-6-. The maximum Gasteiger partial charge on any atom is 0.155 e. The van der Waals surface area contributed by atoms with Crippen LogP contribution in [0.5, 0.6) is 0 Å². The van der Waals surface area contributed by atoms with Gasteiger partial charge in [0, 0.05) is 19.3 Å². The predicted molar refractivity (Wildman–Crippen MR) is 64.0 cm³/mol. The number of aliphatic hydroxyl groups excluding tert-OH is 1. The summed E-state index contributed by atoms with van der Waals surface area (Å²) in [7, 11) is 0. The molecule has 2 rings (SSSR count). The van der Waals surface area contributed by atoms with Crippen LogP contribution in [0.3, 0.4) is 0 Å². The zero-order valence-electron chi connectivity index (χ0n) is 9.93. The van der Waals surface area contributed by atoms with Crippen LogP contribution < -0.4 is 0 Å². The van der Waals surface area contributed by atoms with E-state index in [1.54, 1.807) is 0 Å². The summed E-state index contributed by atoms with van der Waals surface area (Å²) in [5, 5.41) is 9.68. The first-order valence-electron chi connectivity index (χ1n) is 5.91. The Morgan fingerprint density at radius 2 is 2.11 bits per heavy atom. The highest BCUT2D eigenvalue weighted by molar-refractivity contribution is 5.31. The topological polar surface area (TPSA) is 20.2 Å². The van der Waals surface area contributed by atoms with Crippen LogP contribution in [0.25, 0.3) is 0 Å². The number of alkyl halides is 1. The van der Waals surface area contributed by atoms with E-state index in [2.05, 4.69) is 6.58 Å². The van der Waals surface area contributed by atoms with Gasteiger partial charge in [0.15, 0.2) is 6.17 Å². The van der Waals surface area contributed by atoms with Crippen molar-refractivity contribution >= 4 is 0 Å². The molecule has 18 heavy (non-hydrogen) atoms. The highest BCUT2D eigenvalue weighted by Crippen LogP contribution is 2.40. The quantitative estimate of drug-likeness (QED) is 0.577. The van der Waals surface area contributed by atoms with Gasteiger partial charge in [0.1, 0.15) is 11.7 Å². The van der Waals surface area contributed by atoms with Crippen molar-refractivity contribution in [2.45, 2.75) is 31.9 Å². The third-order valence-electron chi connectivity index (χ3n) is 3.25. The third kappa shape index (κ3) is 3.06. The Balaban J connectivity index is 2.07. The molecule has 2 aliphatic rings. The van der Waals surface area contributed by atoms with Gasteiger partial charge in [0.05, 0.1) is 5.76 Å². The normalized spacial score (nSPS) is 29.2. The zero-order valence-corrected chi connectivity index (χ0v) is 9.93. The monoisotopic (exact) mass is 256 g/mol. The molecule has 0 aromatic rings. The Labute approximate surface area is 104 Å². The molecule has 0 amide bonds. The van der Waals surface area contributed by atoms with Gasteiger partial charge in [-0.2, -0.15) is 0 Å². The lowest BCUT2D eigenvalue weighted by Gasteiger charge is -2.06. The number of rotatable bonds is 3. The second kappa shape index (κ2) is 5.04. The molecular formula is C14H15F3O. The van der Waals surface area contributed by atoms with Crippen molar-refractivity contribution in [1.29, 1.82) is 0 Å². The van der Waals surface area contributed by atoms with E-state index in [9.17, 15) is 18.3 Å². The van der Waals surface area contributed by atoms with E-state index in [4.69, 9.17) is 0 Å². The molecule has 1 nitrogen and oxygen atoms in total. The van der Waals surface area contributed by atoms with Crippen LogP contribution in [0, 0.1) is 5.92 Å². The van der Waals surface area contributed by atoms with Crippen molar-refractivity contribution in [3.05, 3.63) is 47.3 Å². The summed E-state index contributed by atoms with van der Waals surface area (Å²) in [5.74, 6) is -1.29. The lowest BCUT2D eigenvalue weighted by molar-refractivity contribution is 0.324. The molecule has 98 valence electrons. The minimum atomic E-state index is -1.83. The van der Waals surface area contributed by atoms with Crippen molar-refractivity contribution in [2.24, 2.45) is 5.92 Å². The summed E-state index contributed by atoms with van der Waals surface area (Å²) in [5.41, 5.74) is 1.09. The summed E-state index contributed by atoms with van der Waals surface area (Å²) in [6.07, 6.45) is 0.920. The zero-order chi connectivity index (χ0) is 13.3. The molecule has 4 heteroatoms. The van der Waals surface area contributed by atoms with Gasteiger partial charge in [-0.25, -0.2) is 13.2 Å². The van der Waals surface area contributed by atoms with Crippen LogP contribution >= 0.6 is 0 Å². The van der Waals surface area contributed by atoms with Crippen molar-refractivity contribution < 1.29 is 18.3 Å². The molecule has 2 atom stereocenters. The Bertz CT molecular complexity index is 460. The maximum absolute atomic E-state index is 13.6. The first-order chi connectivity index (χ1) is 8.47. The van der Waals surface area contributed by atoms with E-state index in [-0.39, 0.29) is 30.1 Å². The van der Waals surface area contributed by atoms with Crippen LogP contribution in [-0.2, 0) is 0 Å². The molecule has 0 aromatic carbocycles. The maximum atomic E-state index is 13.6. The van der Waals surface area contributed by atoms with Crippen LogP contribution in [0.1, 0.15) is 25.7 Å². The van der Waals surface area contributed by atoms with E-state index in [1.165, 1.54) is 6.08 Å². The molecule has 2 unspecified atom stereocenters. The molecule has 2 aliphatic carbocycles. The van der Waals surface area contributed by atoms with Crippen LogP contribution in [-0.4, -0.2) is 11.3 Å². The Hall–Kier alpha value is -1.45. The van der Waals surface area contributed by atoms with Crippen LogP contribution in [0.4, 0.5) is 13.2 Å². The largest absolute Gasteiger partial charge is 0.512 e. The van der Waals surface area contributed by atoms with Gasteiger partial charge in [-0.15, -0.1) is 0 Å². The van der Waals surface area contributed by atoms with Gasteiger partial charge in [0.25, 0.3) is 0 Å². The third-order valence-corrected chi connectivity index (χ3v) is 3.25. The van der Waals surface area contributed by atoms with Crippen molar-refractivity contribution in [1.82, 2.24) is 0 Å². The molecule has 0 saturated heterocycles. The second-order valence-electron chi connectivity index (χ2n) is 4.79. The van der Waals surface area contributed by atoms with Crippen molar-refractivity contribution in [3.8, 4) is 0 Å². The molecule has 1 N–H and O–H groups in total. The summed E-state index contributed by atoms with van der Waals surface area (Å²) < 4.78 is 39.8. The number of allylic oxidation sites excluding steroid dienone is 7. The molecule has 1 fully saturated rings. The van der Waals surface area contributed by atoms with E-state index < -0.39 is 17.8 Å². The van der Waals surface area contributed by atoms with Crippen LogP contribution in [0.15, 0.2) is 47.3 Å². The average Bonchev–Trinajstić information content (AvgIpc) is 3.00. The Kier molecular flexibility index (Phi) is 3.64. The first kappa shape index (κ1) is 13.0. The van der Waals surface area contributed by atoms with Gasteiger partial charge < -0.3 is 5.11 Å². The van der Waals surface area contributed by atoms with Crippen molar-refractivity contribution in [3.63, 3.8) is 0 Å². The molecule has 0 bridgehead atoms. The van der Waals surface area contributed by atoms with Gasteiger partial charge in [-0.1, -0.05) is 12.2 Å². The van der Waals surface area contributed by atoms with E-state index >= 15 is 0 Å². The molecule has 0 heterocycles. The van der Waals surface area contributed by atoms with E-state index in [0.29, 0.717) is 6.42 Å². The fourth-order valence-electron chi connectivity index (χ4n) is 1.97. The highest BCUT2D eigenvalue weighted by Gasteiger charge is 2.28. The molecule has 1 saturated carbocycles. The SMILES string of the molecule is C=C1CC1C/C(O)=C/C1=C(F)CC=C(F)C(F)C1. The van der Waals surface area contributed by atoms with Gasteiger partial charge >= 0.3 is 0 Å². The number of aliphatic hydroxyl groups is 1. The molecule has 0 spiro atoms. The Morgan fingerprint density at radius 1 is 1.44 bits per heavy atom. The fraction of sp³-hybridized carbons (Fsp3) is 0.429. The average molecular weight is 256 g/mol. The minimum Gasteiger partial charge on any atom is -0.512 e. The summed E-state index contributed by atoms with van der Waals surface area (Å²) >= 11 is 0. The highest BCUT2D eigenvalue weighted by atomic mass is 19.2. The number of halogens is 3. The lowest BCUT2D eigenvalue weighted by atomic mass is 10.1. The summed E-state index contributed by atoms with van der Waals surface area (Å²) in [4.78, 5) is 0. The number of hydrogen-bond acceptors (Lipinski definition) is 1. The van der Waals surface area contributed by atoms with Crippen LogP contribution in [0.2, 0.25) is 0 Å². The van der Waals surface area contributed by atoms with Gasteiger partial charge in [0.2, 0.25) is 0 Å². The minimum absolute atomic E-state index is 0.00157. The van der Waals surface area contributed by atoms with Crippen molar-refractivity contribution in [2.75, 3.05) is 0 Å². The summed E-state index contributed by atoms with van der Waals surface area (Å²) in [6.45, 7) is 3.76. The predicted octanol–water partition coefficient (Wildman–Crippen LogP) is 4.60. The lowest BCUT2D eigenvalue weighted by Crippen LogP contribution is -2.01. The summed E-state index contributed by atoms with van der Waals surface area (Å²) in [6, 6.07) is 0. The number of hydrogen-bond donors (Lipinski definition) is 1. The molecule has 0 aromatic heterocycles. The smallest absolute Gasteiger partial charge is 0.155 e.